The summed E-state index contributed by atoms with van der Waals surface area (Å²) in [5, 5.41) is 10.8. The predicted molar refractivity (Wildman–Crippen MR) is 51.6 cm³/mol. The standard InChI is InChI=1S/C8H7NO4S/c10-8(11)7(14(12)13)9-6-4-2-1-3-5-6/h1-5,9H,(H,10,11). The second kappa shape index (κ2) is 4.43. The van der Waals surface area contributed by atoms with Gasteiger partial charge in [0.2, 0.25) is 15.3 Å². The lowest BCUT2D eigenvalue weighted by atomic mass is 10.3. The Morgan fingerprint density at radius 1 is 1.21 bits per heavy atom. The fraction of sp³-hybridized carbons (Fsp3) is 0. The predicted octanol–water partition coefficient (Wildman–Crippen LogP) is 0.192. The van der Waals surface area contributed by atoms with Crippen LogP contribution in [0.2, 0.25) is 0 Å². The largest absolute Gasteiger partial charge is 0.476 e. The van der Waals surface area contributed by atoms with E-state index in [1.165, 1.54) is 0 Å². The molecule has 0 amide bonds. The van der Waals surface area contributed by atoms with Crippen molar-refractivity contribution in [3.63, 3.8) is 0 Å². The fourth-order valence-electron chi connectivity index (χ4n) is 0.819. The van der Waals surface area contributed by atoms with Crippen LogP contribution in [0.15, 0.2) is 30.3 Å². The lowest BCUT2D eigenvalue weighted by molar-refractivity contribution is -0.129. The highest BCUT2D eigenvalue weighted by molar-refractivity contribution is 7.75. The first kappa shape index (κ1) is 10.3. The minimum atomic E-state index is -2.78. The maximum absolute atomic E-state index is 10.5. The Hall–Kier alpha value is -1.82. The lowest BCUT2D eigenvalue weighted by Gasteiger charge is -2.01. The Morgan fingerprint density at radius 3 is 2.21 bits per heavy atom. The molecule has 1 rings (SSSR count). The zero-order valence-electron chi connectivity index (χ0n) is 6.97. The van der Waals surface area contributed by atoms with Gasteiger partial charge in [0, 0.05) is 5.69 Å². The van der Waals surface area contributed by atoms with Crippen molar-refractivity contribution in [3.8, 4) is 0 Å². The summed E-state index contributed by atoms with van der Waals surface area (Å²) in [6, 6.07) is 8.19. The number of carbonyl (C=O) groups is 1. The first-order valence-corrected chi connectivity index (χ1v) is 4.70. The zero-order valence-corrected chi connectivity index (χ0v) is 7.78. The van der Waals surface area contributed by atoms with Gasteiger partial charge >= 0.3 is 5.97 Å². The number of nitrogens with one attached hydrogen (secondary N) is 1. The zero-order chi connectivity index (χ0) is 10.6. The van der Waals surface area contributed by atoms with Crippen LogP contribution < -0.4 is 5.32 Å². The van der Waals surface area contributed by atoms with Gasteiger partial charge in [0.1, 0.15) is 0 Å². The third-order valence-electron chi connectivity index (χ3n) is 1.39. The summed E-state index contributed by atoms with van der Waals surface area (Å²) in [6.45, 7) is 0. The number of rotatable bonds is 1. The lowest BCUT2D eigenvalue weighted by Crippen LogP contribution is -2.23. The van der Waals surface area contributed by atoms with E-state index in [0.717, 1.165) is 0 Å². The van der Waals surface area contributed by atoms with E-state index in [4.69, 9.17) is 5.11 Å². The molecule has 0 bridgehead atoms. The van der Waals surface area contributed by atoms with Gasteiger partial charge < -0.3 is 10.4 Å². The van der Waals surface area contributed by atoms with Crippen molar-refractivity contribution in [2.75, 3.05) is 5.32 Å². The molecule has 0 heterocycles. The molecule has 1 aromatic rings. The molecule has 1 aromatic carbocycles. The Bertz CT molecular complexity index is 455. The summed E-state index contributed by atoms with van der Waals surface area (Å²) >= 11 is 0. The van der Waals surface area contributed by atoms with Crippen molar-refractivity contribution in [1.82, 2.24) is 0 Å². The molecule has 0 unspecified atom stereocenters. The van der Waals surface area contributed by atoms with Crippen LogP contribution >= 0.6 is 0 Å². The molecule has 0 aromatic heterocycles. The van der Waals surface area contributed by atoms with Crippen molar-refractivity contribution in [2.45, 2.75) is 0 Å². The smallest absolute Gasteiger partial charge is 0.368 e. The third-order valence-corrected chi connectivity index (χ3v) is 2.00. The van der Waals surface area contributed by atoms with Gasteiger partial charge in [-0.2, -0.15) is 8.42 Å². The first-order valence-electron chi connectivity index (χ1n) is 3.63. The number of hydrogen-bond acceptors (Lipinski definition) is 3. The molecule has 0 spiro atoms. The summed E-state index contributed by atoms with van der Waals surface area (Å²) < 4.78 is 20.9. The molecule has 14 heavy (non-hydrogen) atoms. The molecule has 5 nitrogen and oxygen atoms in total. The number of anilines is 1. The highest BCUT2D eigenvalue weighted by Gasteiger charge is 2.10. The van der Waals surface area contributed by atoms with E-state index in [1.54, 1.807) is 30.3 Å². The van der Waals surface area contributed by atoms with Crippen LogP contribution in [-0.4, -0.2) is 24.5 Å². The molecule has 0 aliphatic rings. The van der Waals surface area contributed by atoms with Crippen LogP contribution in [-0.2, 0) is 15.1 Å². The van der Waals surface area contributed by atoms with E-state index in [0.29, 0.717) is 5.69 Å². The van der Waals surface area contributed by atoms with Gasteiger partial charge in [-0.25, -0.2) is 4.79 Å². The van der Waals surface area contributed by atoms with Crippen molar-refractivity contribution in [2.24, 2.45) is 0 Å². The Kier molecular flexibility index (Phi) is 3.24. The van der Waals surface area contributed by atoms with Crippen molar-refractivity contribution < 1.29 is 18.3 Å². The molecule has 6 heteroatoms. The molecule has 0 fully saturated rings. The molecule has 0 saturated heterocycles. The van der Waals surface area contributed by atoms with E-state index in [-0.39, 0.29) is 0 Å². The average Bonchev–Trinajstić information content (AvgIpc) is 2.15. The van der Waals surface area contributed by atoms with Gasteiger partial charge in [-0.3, -0.25) is 0 Å². The summed E-state index contributed by atoms with van der Waals surface area (Å²) in [4.78, 5) is 9.69. The first-order chi connectivity index (χ1) is 6.61. The summed E-state index contributed by atoms with van der Waals surface area (Å²) in [6.07, 6.45) is 0. The highest BCUT2D eigenvalue weighted by Crippen LogP contribution is 2.04. The molecule has 0 atom stereocenters. The second-order valence-corrected chi connectivity index (χ2v) is 3.24. The van der Waals surface area contributed by atoms with Crippen molar-refractivity contribution in [1.29, 1.82) is 0 Å². The van der Waals surface area contributed by atoms with Crippen LogP contribution in [0.1, 0.15) is 0 Å². The number of hydrogen-bond donors (Lipinski definition) is 2. The maximum atomic E-state index is 10.5. The molecule has 0 aliphatic carbocycles. The third kappa shape index (κ3) is 2.60. The van der Waals surface area contributed by atoms with E-state index < -0.39 is 21.3 Å². The quantitative estimate of drug-likeness (QED) is 0.651. The summed E-state index contributed by atoms with van der Waals surface area (Å²) in [5.41, 5.74) is 0.411. The van der Waals surface area contributed by atoms with Crippen LogP contribution in [0.25, 0.3) is 0 Å². The van der Waals surface area contributed by atoms with Crippen LogP contribution in [0.3, 0.4) is 0 Å². The molecule has 0 radical (unpaired) electrons. The van der Waals surface area contributed by atoms with E-state index in [9.17, 15) is 13.2 Å². The summed E-state index contributed by atoms with van der Waals surface area (Å²) in [7, 11) is -2.78. The number of aliphatic carboxylic acids is 1. The molecule has 2 N–H and O–H groups in total. The van der Waals surface area contributed by atoms with E-state index >= 15 is 0 Å². The molecular weight excluding hydrogens is 206 g/mol. The monoisotopic (exact) mass is 213 g/mol. The van der Waals surface area contributed by atoms with Gasteiger partial charge in [-0.1, -0.05) is 18.2 Å². The van der Waals surface area contributed by atoms with Gasteiger partial charge in [0.05, 0.1) is 0 Å². The minimum absolute atomic E-state index is 0.411. The number of carboxylic acids is 1. The van der Waals surface area contributed by atoms with Gasteiger partial charge in [0.15, 0.2) is 0 Å². The van der Waals surface area contributed by atoms with Gasteiger partial charge in [-0.15, -0.1) is 0 Å². The topological polar surface area (TPSA) is 83.5 Å². The highest BCUT2D eigenvalue weighted by atomic mass is 32.2. The van der Waals surface area contributed by atoms with Crippen LogP contribution in [0.5, 0.6) is 0 Å². The molecule has 0 aliphatic heterocycles. The normalized spacial score (nSPS) is 9.14. The fourth-order valence-corrected chi connectivity index (χ4v) is 1.16. The minimum Gasteiger partial charge on any atom is -0.476 e. The summed E-state index contributed by atoms with van der Waals surface area (Å²) in [5.74, 6) is -1.51. The van der Waals surface area contributed by atoms with Crippen molar-refractivity contribution >= 4 is 26.9 Å². The molecule has 0 saturated carbocycles. The SMILES string of the molecule is O=C(O)C(Nc1ccccc1)=S(=O)=O. The number of benzene rings is 1. The Balaban J connectivity index is 3.00. The Labute approximate surface area is 81.5 Å². The maximum Gasteiger partial charge on any atom is 0.368 e. The van der Waals surface area contributed by atoms with Gasteiger partial charge in [0.25, 0.3) is 0 Å². The average molecular weight is 213 g/mol. The number of carboxylic acid groups (broad SMARTS) is 1. The number of para-hydroxylation sites is 1. The second-order valence-electron chi connectivity index (χ2n) is 2.36. The Morgan fingerprint density at radius 2 is 1.79 bits per heavy atom. The van der Waals surface area contributed by atoms with Crippen LogP contribution in [0.4, 0.5) is 5.69 Å². The van der Waals surface area contributed by atoms with E-state index in [1.807, 2.05) is 0 Å². The molecule has 74 valence electrons. The van der Waals surface area contributed by atoms with Crippen molar-refractivity contribution in [3.05, 3.63) is 30.3 Å². The van der Waals surface area contributed by atoms with Crippen LogP contribution in [0, 0.1) is 0 Å². The molecular formula is C8H7NO4S. The van der Waals surface area contributed by atoms with E-state index in [2.05, 4.69) is 5.32 Å². The van der Waals surface area contributed by atoms with Gasteiger partial charge in [-0.05, 0) is 12.1 Å².